The van der Waals surface area contributed by atoms with Crippen LogP contribution in [0.25, 0.3) is 0 Å². The number of carbonyl (C=O) groups excluding carboxylic acids is 2. The molecule has 0 unspecified atom stereocenters. The number of nitrogens with one attached hydrogen (secondary N) is 1. The molecule has 15 heteroatoms. The van der Waals surface area contributed by atoms with Crippen molar-refractivity contribution in [3.63, 3.8) is 0 Å². The highest BCUT2D eigenvalue weighted by molar-refractivity contribution is 7.89. The number of aliphatic hydroxyl groups excluding tert-OH is 1. The highest BCUT2D eigenvalue weighted by Crippen LogP contribution is 2.34. The van der Waals surface area contributed by atoms with Gasteiger partial charge in [0.15, 0.2) is 6.29 Å². The lowest BCUT2D eigenvalue weighted by molar-refractivity contribution is -0.128. The number of carbonyl (C=O) groups is 2. The van der Waals surface area contributed by atoms with Gasteiger partial charge in [-0.1, -0.05) is 12.2 Å². The van der Waals surface area contributed by atoms with E-state index >= 15 is 0 Å². The van der Waals surface area contributed by atoms with Gasteiger partial charge in [-0.05, 0) is 31.4 Å². The summed E-state index contributed by atoms with van der Waals surface area (Å²) < 4.78 is 57.1. The standard InChI is InChI=1S/C27H38BN3O10S/c1-37-18-6-7-23-21(13-18)38-11-4-2-3-10-31-17(5-8-24(31)33)14-30(42(23,35)36)15-20(32)25(28)29-27(34)41-22-16-40-26-19(22)9-12-39-26/h2-3,6-7,13,17,19-20,22,25-26,32H,4-5,8-12,14-16,28H2,1H3,(H,29,34)/b3-2+/t17-,19+,20-,22+,25-,26-/m1/s1. The van der Waals surface area contributed by atoms with Crippen molar-refractivity contribution in [2.45, 2.75) is 61.1 Å². The van der Waals surface area contributed by atoms with Gasteiger partial charge < -0.3 is 39.0 Å². The van der Waals surface area contributed by atoms with Crippen LogP contribution in [0.2, 0.25) is 0 Å². The van der Waals surface area contributed by atoms with E-state index in [-0.39, 0.29) is 61.1 Å². The molecule has 42 heavy (non-hydrogen) atoms. The first-order valence-corrected chi connectivity index (χ1v) is 15.7. The van der Waals surface area contributed by atoms with Gasteiger partial charge in [-0.25, -0.2) is 13.2 Å². The summed E-state index contributed by atoms with van der Waals surface area (Å²) in [4.78, 5) is 26.9. The van der Waals surface area contributed by atoms with E-state index in [2.05, 4.69) is 5.32 Å². The Morgan fingerprint density at radius 3 is 2.88 bits per heavy atom. The summed E-state index contributed by atoms with van der Waals surface area (Å²) >= 11 is 0. The van der Waals surface area contributed by atoms with Crippen molar-refractivity contribution in [1.82, 2.24) is 14.5 Å². The first-order valence-electron chi connectivity index (χ1n) is 14.3. The summed E-state index contributed by atoms with van der Waals surface area (Å²) in [5.74, 6) is -0.389. The van der Waals surface area contributed by atoms with E-state index in [1.165, 1.54) is 29.6 Å². The van der Waals surface area contributed by atoms with Crippen LogP contribution < -0.4 is 14.8 Å². The van der Waals surface area contributed by atoms with Crippen molar-refractivity contribution in [1.29, 1.82) is 0 Å². The van der Waals surface area contributed by atoms with Crippen LogP contribution >= 0.6 is 0 Å². The molecule has 4 heterocycles. The molecule has 2 N–H and O–H groups in total. The fourth-order valence-corrected chi connectivity index (χ4v) is 7.34. The third kappa shape index (κ3) is 6.70. The van der Waals surface area contributed by atoms with Gasteiger partial charge in [0.25, 0.3) is 0 Å². The van der Waals surface area contributed by atoms with Crippen molar-refractivity contribution >= 4 is 29.9 Å². The highest BCUT2D eigenvalue weighted by Gasteiger charge is 2.44. The second kappa shape index (κ2) is 13.2. The van der Waals surface area contributed by atoms with Gasteiger partial charge in [0, 0.05) is 44.1 Å². The number of hydrogen-bond acceptors (Lipinski definition) is 10. The molecular weight excluding hydrogens is 569 g/mol. The summed E-state index contributed by atoms with van der Waals surface area (Å²) in [5, 5.41) is 13.8. The maximum absolute atomic E-state index is 14.1. The van der Waals surface area contributed by atoms with Gasteiger partial charge in [-0.2, -0.15) is 4.31 Å². The minimum absolute atomic E-state index is 0.0376. The minimum Gasteiger partial charge on any atom is -0.497 e. The number of alkyl carbamates (subject to hydrolysis) is 1. The Labute approximate surface area is 246 Å². The van der Waals surface area contributed by atoms with E-state index < -0.39 is 34.3 Å². The van der Waals surface area contributed by atoms with E-state index in [4.69, 9.17) is 23.7 Å². The molecule has 0 bridgehead atoms. The molecule has 1 aromatic rings. The third-order valence-corrected chi connectivity index (χ3v) is 10.1. The summed E-state index contributed by atoms with van der Waals surface area (Å²) in [6.07, 6.45) is 2.95. The quantitative estimate of drug-likeness (QED) is 0.329. The van der Waals surface area contributed by atoms with Crippen LogP contribution in [0, 0.1) is 5.92 Å². The molecule has 0 aliphatic carbocycles. The van der Waals surface area contributed by atoms with Crippen molar-refractivity contribution < 1.29 is 46.8 Å². The third-order valence-electron chi connectivity index (χ3n) is 8.20. The number of nitrogens with zero attached hydrogens (tertiary/aromatic N) is 2. The van der Waals surface area contributed by atoms with E-state index in [9.17, 15) is 23.1 Å². The first kappa shape index (κ1) is 30.6. The molecular formula is C27H38BN3O10S. The number of β-amino-alcohol motifs (C(OH)–C–C–N with tert-alkyl or cyclic N) is 1. The smallest absolute Gasteiger partial charge is 0.407 e. The predicted molar refractivity (Wildman–Crippen MR) is 151 cm³/mol. The van der Waals surface area contributed by atoms with E-state index in [0.717, 1.165) is 6.42 Å². The molecule has 0 spiro atoms. The Balaban J connectivity index is 1.35. The molecule has 0 aromatic heterocycles. The van der Waals surface area contributed by atoms with Crippen molar-refractivity contribution in [3.05, 3.63) is 30.4 Å². The number of ether oxygens (including phenoxy) is 5. The Bertz CT molecular complexity index is 1280. The molecule has 4 aliphatic heterocycles. The minimum atomic E-state index is -4.23. The molecule has 0 saturated carbocycles. The summed E-state index contributed by atoms with van der Waals surface area (Å²) in [5.41, 5.74) is 0. The van der Waals surface area contributed by atoms with Crippen LogP contribution in [-0.4, -0.2) is 120 Å². The molecule has 0 radical (unpaired) electrons. The zero-order chi connectivity index (χ0) is 29.9. The fraction of sp³-hybridized carbons (Fsp3) is 0.630. The number of fused-ring (bicyclic) bond motifs is 3. The lowest BCUT2D eigenvalue weighted by atomic mass is 9.91. The first-order chi connectivity index (χ1) is 20.2. The molecule has 2 amide bonds. The zero-order valence-electron chi connectivity index (χ0n) is 23.8. The second-order valence-electron chi connectivity index (χ2n) is 11.0. The lowest BCUT2D eigenvalue weighted by Gasteiger charge is -2.32. The number of amides is 2. The predicted octanol–water partition coefficient (Wildman–Crippen LogP) is -0.177. The molecule has 1 aromatic carbocycles. The number of aliphatic hydroxyl groups is 1. The van der Waals surface area contributed by atoms with Gasteiger partial charge in [0.1, 0.15) is 30.3 Å². The molecule has 230 valence electrons. The Kier molecular flexibility index (Phi) is 9.62. The summed E-state index contributed by atoms with van der Waals surface area (Å²) in [6.45, 7) is 0.956. The van der Waals surface area contributed by atoms with Crippen molar-refractivity contribution in [3.8, 4) is 11.5 Å². The summed E-state index contributed by atoms with van der Waals surface area (Å²) in [6, 6.07) is 4.08. The molecule has 3 saturated heterocycles. The van der Waals surface area contributed by atoms with Crippen molar-refractivity contribution in [2.75, 3.05) is 46.6 Å². The molecule has 13 nitrogen and oxygen atoms in total. The maximum Gasteiger partial charge on any atom is 0.407 e. The molecule has 6 atom stereocenters. The Morgan fingerprint density at radius 2 is 2.07 bits per heavy atom. The molecule has 5 rings (SSSR count). The number of benzene rings is 1. The van der Waals surface area contributed by atoms with E-state index in [1.807, 2.05) is 12.2 Å². The van der Waals surface area contributed by atoms with Crippen LogP contribution in [-0.2, 0) is 29.0 Å². The average Bonchev–Trinajstić information content (AvgIpc) is 3.67. The highest BCUT2D eigenvalue weighted by atomic mass is 32.2. The van der Waals surface area contributed by atoms with E-state index in [0.29, 0.717) is 38.2 Å². The normalized spacial score (nSPS) is 29.9. The average molecular weight is 607 g/mol. The van der Waals surface area contributed by atoms with Gasteiger partial charge in [-0.3, -0.25) is 4.79 Å². The van der Waals surface area contributed by atoms with E-state index in [1.54, 1.807) is 12.7 Å². The zero-order valence-corrected chi connectivity index (χ0v) is 24.7. The van der Waals surface area contributed by atoms with Gasteiger partial charge in [0.2, 0.25) is 15.9 Å². The number of methoxy groups -OCH3 is 1. The SMILES string of the molecule is B[C@H](NC(=O)O[C@H]1CO[C@H]2OCC[C@H]21)[C@H](O)CN1C[C@H]2CCC(=O)N2C/C=C/CCOc2cc(OC)ccc2S1(=O)=O. The van der Waals surface area contributed by atoms with Crippen molar-refractivity contribution in [2.24, 2.45) is 5.92 Å². The largest absolute Gasteiger partial charge is 0.497 e. The monoisotopic (exact) mass is 607 g/mol. The Hall–Kier alpha value is -2.85. The maximum atomic E-state index is 14.1. The summed E-state index contributed by atoms with van der Waals surface area (Å²) in [7, 11) is -1.18. The fourth-order valence-electron chi connectivity index (χ4n) is 5.73. The van der Waals surface area contributed by atoms with Gasteiger partial charge in [0.05, 0.1) is 39.0 Å². The van der Waals surface area contributed by atoms with Crippen LogP contribution in [0.3, 0.4) is 0 Å². The van der Waals surface area contributed by atoms with Crippen LogP contribution in [0.15, 0.2) is 35.2 Å². The number of sulfonamides is 1. The number of hydrogen-bond donors (Lipinski definition) is 2. The van der Waals surface area contributed by atoms with Crippen LogP contribution in [0.4, 0.5) is 4.79 Å². The molecule has 4 aliphatic rings. The topological polar surface area (TPSA) is 153 Å². The molecule has 3 fully saturated rings. The van der Waals surface area contributed by atoms with Gasteiger partial charge in [-0.15, -0.1) is 0 Å². The Morgan fingerprint density at radius 1 is 1.24 bits per heavy atom. The van der Waals surface area contributed by atoms with Crippen LogP contribution in [0.5, 0.6) is 11.5 Å². The lowest BCUT2D eigenvalue weighted by Crippen LogP contribution is -2.52. The number of rotatable bonds is 6. The second-order valence-corrected chi connectivity index (χ2v) is 12.9. The van der Waals surface area contributed by atoms with Crippen LogP contribution in [0.1, 0.15) is 25.7 Å². The van der Waals surface area contributed by atoms with Gasteiger partial charge >= 0.3 is 6.09 Å².